The Bertz CT molecular complexity index is 1590. The number of thioether (sulfide) groups is 1. The lowest BCUT2D eigenvalue weighted by Gasteiger charge is -2.23. The maximum absolute atomic E-state index is 13.4. The Labute approximate surface area is 236 Å². The van der Waals surface area contributed by atoms with Gasteiger partial charge in [-0.1, -0.05) is 77.2 Å². The average Bonchev–Trinajstić information content (AvgIpc) is 3.54. The predicted molar refractivity (Wildman–Crippen MR) is 150 cm³/mol. The van der Waals surface area contributed by atoms with Crippen LogP contribution in [0.25, 0.3) is 5.76 Å². The third-order valence-electron chi connectivity index (χ3n) is 6.25. The molecule has 196 valence electrons. The van der Waals surface area contributed by atoms with Gasteiger partial charge in [-0.15, -0.1) is 10.2 Å². The van der Waals surface area contributed by atoms with Gasteiger partial charge in [-0.3, -0.25) is 14.5 Å². The van der Waals surface area contributed by atoms with Gasteiger partial charge in [-0.25, -0.2) is 0 Å². The number of halogens is 1. The van der Waals surface area contributed by atoms with Crippen molar-refractivity contribution >= 4 is 57.3 Å². The zero-order chi connectivity index (χ0) is 26.9. The molecule has 6 rings (SSSR count). The Morgan fingerprint density at radius 1 is 1.00 bits per heavy atom. The number of aliphatic hydroxyl groups is 1. The fraction of sp³-hybridized carbons (Fsp3) is 0.143. The summed E-state index contributed by atoms with van der Waals surface area (Å²) in [6.45, 7) is 0.793. The van der Waals surface area contributed by atoms with E-state index in [1.54, 1.807) is 42.5 Å². The zero-order valence-electron chi connectivity index (χ0n) is 20.2. The van der Waals surface area contributed by atoms with Gasteiger partial charge in [0, 0.05) is 16.3 Å². The summed E-state index contributed by atoms with van der Waals surface area (Å²) < 4.78 is 11.9. The number of Topliss-reactive ketones (excluding diaryl/α,β-unsaturated/α-hetero) is 1. The minimum Gasteiger partial charge on any atom is -0.507 e. The molecular formula is C28H20ClN3O5S2. The summed E-state index contributed by atoms with van der Waals surface area (Å²) in [5.74, 6) is -0.274. The molecule has 2 aliphatic heterocycles. The van der Waals surface area contributed by atoms with Crippen LogP contribution in [0.5, 0.6) is 11.5 Å². The Morgan fingerprint density at radius 3 is 2.51 bits per heavy atom. The van der Waals surface area contributed by atoms with Crippen molar-refractivity contribution in [1.29, 1.82) is 0 Å². The number of aromatic nitrogens is 2. The summed E-state index contributed by atoms with van der Waals surface area (Å²) in [5, 5.41) is 20.7. The van der Waals surface area contributed by atoms with Gasteiger partial charge in [0.2, 0.25) is 5.13 Å². The van der Waals surface area contributed by atoms with Gasteiger partial charge < -0.3 is 14.6 Å². The molecule has 4 aromatic rings. The minimum absolute atomic E-state index is 0.0623. The van der Waals surface area contributed by atoms with Gasteiger partial charge in [-0.2, -0.15) is 0 Å². The molecule has 11 heteroatoms. The van der Waals surface area contributed by atoms with Crippen molar-refractivity contribution in [3.63, 3.8) is 0 Å². The summed E-state index contributed by atoms with van der Waals surface area (Å²) in [5.41, 5.74) is 1.98. The SMILES string of the molecule is O=C1C(=O)N(c2nnc(SCc3ccccc3)s2)C(c2ccc(Cl)cc2)/C1=C(\O)c1ccc2c(c1)OCCO2. The second-order valence-electron chi connectivity index (χ2n) is 8.70. The molecule has 0 aliphatic carbocycles. The van der Waals surface area contributed by atoms with Gasteiger partial charge in [0.1, 0.15) is 19.0 Å². The standard InChI is InChI=1S/C28H20ClN3O5S2/c29-19-9-6-17(7-10-19)23-22(24(33)18-8-11-20-21(14-18)37-13-12-36-20)25(34)26(35)32(23)27-30-31-28(39-27)38-15-16-4-2-1-3-5-16/h1-11,14,23,33H,12-13,15H2/b24-22+. The van der Waals surface area contributed by atoms with Crippen molar-refractivity contribution in [2.45, 2.75) is 16.1 Å². The molecule has 0 saturated carbocycles. The predicted octanol–water partition coefficient (Wildman–Crippen LogP) is 5.88. The van der Waals surface area contributed by atoms with E-state index in [4.69, 9.17) is 21.1 Å². The highest BCUT2D eigenvalue weighted by molar-refractivity contribution is 8.00. The molecule has 1 amide bonds. The number of ether oxygens (including phenoxy) is 2. The van der Waals surface area contributed by atoms with Gasteiger partial charge in [-0.05, 0) is 41.5 Å². The van der Waals surface area contributed by atoms with Crippen LogP contribution in [0.3, 0.4) is 0 Å². The topological polar surface area (TPSA) is 102 Å². The molecular weight excluding hydrogens is 558 g/mol. The highest BCUT2D eigenvalue weighted by Gasteiger charge is 2.48. The van der Waals surface area contributed by atoms with Crippen molar-refractivity contribution in [1.82, 2.24) is 10.2 Å². The van der Waals surface area contributed by atoms with Gasteiger partial charge >= 0.3 is 5.91 Å². The summed E-state index contributed by atoms with van der Waals surface area (Å²) in [6, 6.07) is 20.6. The van der Waals surface area contributed by atoms with Crippen LogP contribution in [0.2, 0.25) is 5.02 Å². The Morgan fingerprint density at radius 2 is 1.74 bits per heavy atom. The molecule has 0 bridgehead atoms. The first-order valence-corrected chi connectivity index (χ1v) is 14.1. The zero-order valence-corrected chi connectivity index (χ0v) is 22.6. The van der Waals surface area contributed by atoms with Crippen molar-refractivity contribution < 1.29 is 24.2 Å². The molecule has 2 aliphatic rings. The maximum atomic E-state index is 13.4. The number of carbonyl (C=O) groups excluding carboxylic acids is 2. The number of nitrogens with zero attached hydrogens (tertiary/aromatic N) is 3. The van der Waals surface area contributed by atoms with Crippen molar-refractivity contribution in [3.05, 3.63) is 100 Å². The molecule has 0 radical (unpaired) electrons. The molecule has 1 saturated heterocycles. The van der Waals surface area contributed by atoms with E-state index in [9.17, 15) is 14.7 Å². The minimum atomic E-state index is -0.935. The lowest BCUT2D eigenvalue weighted by molar-refractivity contribution is -0.132. The normalized spacial score (nSPS) is 18.0. The molecule has 1 atom stereocenters. The molecule has 39 heavy (non-hydrogen) atoms. The number of ketones is 1. The third kappa shape index (κ3) is 4.98. The molecule has 3 heterocycles. The Hall–Kier alpha value is -3.86. The van der Waals surface area contributed by atoms with Crippen LogP contribution in [-0.4, -0.2) is 40.2 Å². The number of anilines is 1. The highest BCUT2D eigenvalue weighted by atomic mass is 35.5. The number of aliphatic hydroxyl groups excluding tert-OH is 1. The van der Waals surface area contributed by atoms with Crippen molar-refractivity contribution in [2.24, 2.45) is 0 Å². The number of carbonyl (C=O) groups is 2. The molecule has 8 nitrogen and oxygen atoms in total. The molecule has 1 unspecified atom stereocenters. The Balaban J connectivity index is 1.39. The monoisotopic (exact) mass is 577 g/mol. The second kappa shape index (κ2) is 10.7. The van der Waals surface area contributed by atoms with Crippen LogP contribution in [0, 0.1) is 0 Å². The van der Waals surface area contributed by atoms with E-state index in [2.05, 4.69) is 10.2 Å². The number of fused-ring (bicyclic) bond motifs is 1. The summed E-state index contributed by atoms with van der Waals surface area (Å²) >= 11 is 8.82. The van der Waals surface area contributed by atoms with E-state index in [0.717, 1.165) is 5.56 Å². The summed E-state index contributed by atoms with van der Waals surface area (Å²) in [6.07, 6.45) is 0. The van der Waals surface area contributed by atoms with Crippen LogP contribution < -0.4 is 14.4 Å². The van der Waals surface area contributed by atoms with Crippen molar-refractivity contribution in [3.8, 4) is 11.5 Å². The van der Waals surface area contributed by atoms with Gasteiger partial charge in [0.25, 0.3) is 5.78 Å². The largest absolute Gasteiger partial charge is 0.507 e. The number of hydrogen-bond acceptors (Lipinski definition) is 9. The van der Waals surface area contributed by atoms with Crippen molar-refractivity contribution in [2.75, 3.05) is 18.1 Å². The highest BCUT2D eigenvalue weighted by Crippen LogP contribution is 2.45. The number of amides is 1. The van der Waals surface area contributed by atoms with Crippen LogP contribution >= 0.6 is 34.7 Å². The van der Waals surface area contributed by atoms with Crippen LogP contribution in [0.15, 0.2) is 82.7 Å². The first kappa shape index (κ1) is 25.4. The first-order chi connectivity index (χ1) is 19.0. The maximum Gasteiger partial charge on any atom is 0.301 e. The van der Waals surface area contributed by atoms with Gasteiger partial charge in [0.15, 0.2) is 15.8 Å². The lowest BCUT2D eigenvalue weighted by Crippen LogP contribution is -2.29. The second-order valence-corrected chi connectivity index (χ2v) is 11.3. The van der Waals surface area contributed by atoms with E-state index < -0.39 is 17.7 Å². The van der Waals surface area contributed by atoms with E-state index in [0.29, 0.717) is 51.0 Å². The first-order valence-electron chi connectivity index (χ1n) is 12.0. The fourth-order valence-electron chi connectivity index (χ4n) is 4.41. The van der Waals surface area contributed by atoms with E-state index >= 15 is 0 Å². The molecule has 1 N–H and O–H groups in total. The smallest absolute Gasteiger partial charge is 0.301 e. The number of benzene rings is 3. The number of rotatable bonds is 6. The molecule has 3 aromatic carbocycles. The molecule has 1 aromatic heterocycles. The Kier molecular flexibility index (Phi) is 6.99. The summed E-state index contributed by atoms with van der Waals surface area (Å²) in [4.78, 5) is 28.1. The summed E-state index contributed by atoms with van der Waals surface area (Å²) in [7, 11) is 0. The quantitative estimate of drug-likeness (QED) is 0.0996. The third-order valence-corrected chi connectivity index (χ3v) is 8.63. The number of hydrogen-bond donors (Lipinski definition) is 1. The molecule has 0 spiro atoms. The lowest BCUT2D eigenvalue weighted by atomic mass is 9.95. The van der Waals surface area contributed by atoms with Crippen LogP contribution in [0.1, 0.15) is 22.7 Å². The average molecular weight is 578 g/mol. The van der Waals surface area contributed by atoms with E-state index in [-0.39, 0.29) is 16.5 Å². The van der Waals surface area contributed by atoms with Crippen LogP contribution in [-0.2, 0) is 15.3 Å². The molecule has 1 fully saturated rings. The van der Waals surface area contributed by atoms with E-state index in [1.165, 1.54) is 28.0 Å². The van der Waals surface area contributed by atoms with E-state index in [1.807, 2.05) is 30.3 Å². The van der Waals surface area contributed by atoms with Gasteiger partial charge in [0.05, 0.1) is 11.6 Å². The fourth-order valence-corrected chi connectivity index (χ4v) is 6.36. The van der Waals surface area contributed by atoms with Crippen LogP contribution in [0.4, 0.5) is 5.13 Å².